The Balaban J connectivity index is 2.02. The summed E-state index contributed by atoms with van der Waals surface area (Å²) in [5, 5.41) is 11.1. The molecule has 3 rings (SSSR count). The highest BCUT2D eigenvalue weighted by Crippen LogP contribution is 2.39. The molecule has 1 N–H and O–H groups in total. The fraction of sp³-hybridized carbons (Fsp3) is 0.294. The molecule has 0 aliphatic carbocycles. The number of aliphatic hydroxyl groups is 1. The first-order valence-electron chi connectivity index (χ1n) is 6.90. The Hall–Kier alpha value is -1.71. The lowest BCUT2D eigenvalue weighted by atomic mass is 9.97. The normalized spacial score (nSPS) is 14.9. The number of rotatable bonds is 2. The van der Waals surface area contributed by atoms with Crippen LogP contribution < -0.4 is 9.47 Å². The number of aliphatic hydroxyl groups excluding tert-OH is 1. The van der Waals surface area contributed by atoms with Gasteiger partial charge in [0.2, 0.25) is 0 Å². The molecule has 1 heterocycles. The maximum absolute atomic E-state index is 10.6. The van der Waals surface area contributed by atoms with E-state index in [-0.39, 0.29) is 0 Å². The number of halogens is 1. The van der Waals surface area contributed by atoms with Gasteiger partial charge < -0.3 is 14.6 Å². The standard InChI is InChI=1S/C17H17ClO3/c1-10-5-11(2)7-12(6-10)17(19)13-8-15-16(9-14(13)18)21-4-3-20-15/h5-9,17,19H,3-4H2,1-2H3. The van der Waals surface area contributed by atoms with Gasteiger partial charge in [-0.1, -0.05) is 40.9 Å². The van der Waals surface area contributed by atoms with Gasteiger partial charge in [-0.3, -0.25) is 0 Å². The van der Waals surface area contributed by atoms with Crippen molar-refractivity contribution in [3.05, 3.63) is 57.6 Å². The quantitative estimate of drug-likeness (QED) is 0.917. The van der Waals surface area contributed by atoms with Crippen LogP contribution in [0.5, 0.6) is 11.5 Å². The maximum atomic E-state index is 10.6. The summed E-state index contributed by atoms with van der Waals surface area (Å²) < 4.78 is 11.0. The molecule has 21 heavy (non-hydrogen) atoms. The van der Waals surface area contributed by atoms with Crippen LogP contribution in [0, 0.1) is 13.8 Å². The predicted octanol–water partition coefficient (Wildman–Crippen LogP) is 3.81. The summed E-state index contributed by atoms with van der Waals surface area (Å²) in [4.78, 5) is 0. The number of ether oxygens (including phenoxy) is 2. The Kier molecular flexibility index (Phi) is 3.79. The van der Waals surface area contributed by atoms with E-state index in [1.54, 1.807) is 12.1 Å². The van der Waals surface area contributed by atoms with E-state index in [1.807, 2.05) is 26.0 Å². The van der Waals surface area contributed by atoms with Gasteiger partial charge in [0.05, 0.1) is 5.02 Å². The van der Waals surface area contributed by atoms with Gasteiger partial charge in [-0.05, 0) is 25.5 Å². The molecule has 2 aromatic rings. The summed E-state index contributed by atoms with van der Waals surface area (Å²) in [7, 11) is 0. The van der Waals surface area contributed by atoms with Gasteiger partial charge in [0.25, 0.3) is 0 Å². The summed E-state index contributed by atoms with van der Waals surface area (Å²) in [6.45, 7) is 5.04. The summed E-state index contributed by atoms with van der Waals surface area (Å²) in [6.07, 6.45) is -0.785. The minimum Gasteiger partial charge on any atom is -0.486 e. The van der Waals surface area contributed by atoms with Crippen molar-refractivity contribution in [3.8, 4) is 11.5 Å². The fourth-order valence-corrected chi connectivity index (χ4v) is 2.89. The van der Waals surface area contributed by atoms with Crippen LogP contribution in [0.2, 0.25) is 5.02 Å². The Morgan fingerprint density at radius 1 is 0.952 bits per heavy atom. The Bertz CT molecular complexity index is 662. The SMILES string of the molecule is Cc1cc(C)cc(C(O)c2cc3c(cc2Cl)OCCO3)c1. The molecule has 0 spiro atoms. The smallest absolute Gasteiger partial charge is 0.162 e. The summed E-state index contributed by atoms with van der Waals surface area (Å²) in [5.41, 5.74) is 3.67. The number of fused-ring (bicyclic) bond motifs is 1. The summed E-state index contributed by atoms with van der Waals surface area (Å²) >= 11 is 6.29. The molecule has 0 bridgehead atoms. The first kappa shape index (κ1) is 14.2. The largest absolute Gasteiger partial charge is 0.486 e. The van der Waals surface area contributed by atoms with E-state index in [1.165, 1.54) is 0 Å². The van der Waals surface area contributed by atoms with Gasteiger partial charge in [0, 0.05) is 11.6 Å². The van der Waals surface area contributed by atoms with Crippen LogP contribution in [0.25, 0.3) is 0 Å². The molecule has 3 nitrogen and oxygen atoms in total. The molecular formula is C17H17ClO3. The third-order valence-corrected chi connectivity index (χ3v) is 3.84. The van der Waals surface area contributed by atoms with Gasteiger partial charge in [0.15, 0.2) is 11.5 Å². The second-order valence-corrected chi connectivity index (χ2v) is 5.75. The molecule has 0 saturated carbocycles. The lowest BCUT2D eigenvalue weighted by Gasteiger charge is -2.22. The zero-order chi connectivity index (χ0) is 15.0. The Morgan fingerprint density at radius 3 is 2.14 bits per heavy atom. The third-order valence-electron chi connectivity index (χ3n) is 3.52. The molecule has 0 fully saturated rings. The van der Waals surface area contributed by atoms with E-state index >= 15 is 0 Å². The van der Waals surface area contributed by atoms with Crippen molar-refractivity contribution in [2.75, 3.05) is 13.2 Å². The zero-order valence-corrected chi connectivity index (χ0v) is 12.8. The molecule has 1 aliphatic rings. The van der Waals surface area contributed by atoms with E-state index in [9.17, 15) is 5.11 Å². The number of hydrogen-bond acceptors (Lipinski definition) is 3. The van der Waals surface area contributed by atoms with Crippen LogP contribution in [0.15, 0.2) is 30.3 Å². The van der Waals surface area contributed by atoms with E-state index in [2.05, 4.69) is 6.07 Å². The van der Waals surface area contributed by atoms with Crippen molar-refractivity contribution in [3.63, 3.8) is 0 Å². The topological polar surface area (TPSA) is 38.7 Å². The Labute approximate surface area is 129 Å². The van der Waals surface area contributed by atoms with E-state index in [0.717, 1.165) is 16.7 Å². The third kappa shape index (κ3) is 2.85. The Morgan fingerprint density at radius 2 is 1.52 bits per heavy atom. The highest BCUT2D eigenvalue weighted by atomic mass is 35.5. The van der Waals surface area contributed by atoms with Crippen molar-refractivity contribution in [2.45, 2.75) is 20.0 Å². The molecule has 1 aliphatic heterocycles. The lowest BCUT2D eigenvalue weighted by Crippen LogP contribution is -2.16. The van der Waals surface area contributed by atoms with Crippen LogP contribution >= 0.6 is 11.6 Å². The van der Waals surface area contributed by atoms with Crippen molar-refractivity contribution in [1.29, 1.82) is 0 Å². The van der Waals surface area contributed by atoms with Gasteiger partial charge >= 0.3 is 0 Å². The van der Waals surface area contributed by atoms with Crippen molar-refractivity contribution in [1.82, 2.24) is 0 Å². The molecule has 0 amide bonds. The minimum atomic E-state index is -0.785. The molecule has 1 unspecified atom stereocenters. The first-order valence-corrected chi connectivity index (χ1v) is 7.27. The van der Waals surface area contributed by atoms with Gasteiger partial charge in [-0.2, -0.15) is 0 Å². The lowest BCUT2D eigenvalue weighted by molar-refractivity contribution is 0.169. The highest BCUT2D eigenvalue weighted by Gasteiger charge is 2.20. The molecule has 0 saturated heterocycles. The minimum absolute atomic E-state index is 0.478. The molecule has 0 radical (unpaired) electrons. The fourth-order valence-electron chi connectivity index (χ4n) is 2.64. The van der Waals surface area contributed by atoms with Gasteiger partial charge in [-0.25, -0.2) is 0 Å². The van der Waals surface area contributed by atoms with E-state index in [0.29, 0.717) is 35.3 Å². The maximum Gasteiger partial charge on any atom is 0.162 e. The van der Waals surface area contributed by atoms with Crippen LogP contribution in [-0.2, 0) is 0 Å². The van der Waals surface area contributed by atoms with Crippen LogP contribution in [0.1, 0.15) is 28.4 Å². The van der Waals surface area contributed by atoms with Crippen molar-refractivity contribution >= 4 is 11.6 Å². The van der Waals surface area contributed by atoms with Crippen molar-refractivity contribution in [2.24, 2.45) is 0 Å². The van der Waals surface area contributed by atoms with E-state index in [4.69, 9.17) is 21.1 Å². The van der Waals surface area contributed by atoms with Crippen molar-refractivity contribution < 1.29 is 14.6 Å². The van der Waals surface area contributed by atoms with Gasteiger partial charge in [-0.15, -0.1) is 0 Å². The molecular weight excluding hydrogens is 288 g/mol. The van der Waals surface area contributed by atoms with Gasteiger partial charge in [0.1, 0.15) is 19.3 Å². The first-order chi connectivity index (χ1) is 10.0. The molecule has 1 atom stereocenters. The second-order valence-electron chi connectivity index (χ2n) is 5.34. The zero-order valence-electron chi connectivity index (χ0n) is 12.0. The van der Waals surface area contributed by atoms with Crippen LogP contribution in [0.3, 0.4) is 0 Å². The molecule has 110 valence electrons. The number of benzene rings is 2. The number of aryl methyl sites for hydroxylation is 2. The molecule has 2 aromatic carbocycles. The second kappa shape index (κ2) is 5.58. The average molecular weight is 305 g/mol. The monoisotopic (exact) mass is 304 g/mol. The van der Waals surface area contributed by atoms with Crippen LogP contribution in [0.4, 0.5) is 0 Å². The molecule has 0 aromatic heterocycles. The van der Waals surface area contributed by atoms with Crippen LogP contribution in [-0.4, -0.2) is 18.3 Å². The highest BCUT2D eigenvalue weighted by molar-refractivity contribution is 6.31. The number of hydrogen-bond donors (Lipinski definition) is 1. The summed E-state index contributed by atoms with van der Waals surface area (Å²) in [6, 6.07) is 9.47. The molecule has 4 heteroatoms. The average Bonchev–Trinajstić information content (AvgIpc) is 2.44. The predicted molar refractivity (Wildman–Crippen MR) is 82.4 cm³/mol. The summed E-state index contributed by atoms with van der Waals surface area (Å²) in [5.74, 6) is 1.26. The van der Waals surface area contributed by atoms with E-state index < -0.39 is 6.10 Å².